The summed E-state index contributed by atoms with van der Waals surface area (Å²) in [5.74, 6) is 0.411. The van der Waals surface area contributed by atoms with Crippen molar-refractivity contribution >= 4 is 5.91 Å². The molecule has 0 bridgehead atoms. The number of primary amides is 1. The Kier molecular flexibility index (Phi) is 3.18. The standard InChI is InChI=1S/C12H12N2O4/c1-16-9-5-3-4-7(11(9)17-2)8-6-10(12(13)15)18-14-8/h3-6H,1-2H3,(H2,13,15). The molecule has 0 atom stereocenters. The van der Waals surface area contributed by atoms with Gasteiger partial charge in [0, 0.05) is 11.6 Å². The fourth-order valence-corrected chi connectivity index (χ4v) is 1.61. The van der Waals surface area contributed by atoms with Gasteiger partial charge in [0.25, 0.3) is 5.91 Å². The topological polar surface area (TPSA) is 87.6 Å². The molecule has 2 N–H and O–H groups in total. The first-order valence-electron chi connectivity index (χ1n) is 5.15. The first-order valence-corrected chi connectivity index (χ1v) is 5.15. The number of rotatable bonds is 4. The van der Waals surface area contributed by atoms with Crippen LogP contribution in [-0.2, 0) is 0 Å². The van der Waals surface area contributed by atoms with Crippen LogP contribution in [0.25, 0.3) is 11.3 Å². The normalized spacial score (nSPS) is 10.1. The van der Waals surface area contributed by atoms with Gasteiger partial charge in [-0.2, -0.15) is 0 Å². The molecule has 0 aliphatic carbocycles. The SMILES string of the molecule is COc1cccc(-c2cc(C(N)=O)on2)c1OC. The van der Waals surface area contributed by atoms with Gasteiger partial charge in [0.1, 0.15) is 5.69 Å². The average molecular weight is 248 g/mol. The molecule has 0 unspecified atom stereocenters. The van der Waals surface area contributed by atoms with Crippen LogP contribution in [0.5, 0.6) is 11.5 Å². The monoisotopic (exact) mass is 248 g/mol. The molecule has 2 aromatic rings. The Morgan fingerprint density at radius 1 is 1.33 bits per heavy atom. The van der Waals surface area contributed by atoms with E-state index in [-0.39, 0.29) is 5.76 Å². The number of nitrogens with zero attached hydrogens (tertiary/aromatic N) is 1. The van der Waals surface area contributed by atoms with Gasteiger partial charge in [0.2, 0.25) is 5.76 Å². The Bertz CT molecular complexity index is 577. The number of nitrogens with two attached hydrogens (primary N) is 1. The molecule has 0 saturated carbocycles. The number of carbonyl (C=O) groups excluding carboxylic acids is 1. The van der Waals surface area contributed by atoms with Crippen LogP contribution in [0, 0.1) is 0 Å². The van der Waals surface area contributed by atoms with E-state index in [9.17, 15) is 4.79 Å². The number of amides is 1. The number of aromatic nitrogens is 1. The van der Waals surface area contributed by atoms with Gasteiger partial charge in [0.05, 0.1) is 14.2 Å². The van der Waals surface area contributed by atoms with Gasteiger partial charge in [-0.25, -0.2) is 0 Å². The van der Waals surface area contributed by atoms with Crippen LogP contribution in [0.1, 0.15) is 10.6 Å². The molecule has 0 fully saturated rings. The van der Waals surface area contributed by atoms with E-state index in [4.69, 9.17) is 19.7 Å². The highest BCUT2D eigenvalue weighted by Crippen LogP contribution is 2.37. The Morgan fingerprint density at radius 2 is 2.11 bits per heavy atom. The van der Waals surface area contributed by atoms with Gasteiger partial charge in [-0.3, -0.25) is 4.79 Å². The Balaban J connectivity index is 2.52. The number of methoxy groups -OCH3 is 2. The Morgan fingerprint density at radius 3 is 2.67 bits per heavy atom. The van der Waals surface area contributed by atoms with Crippen molar-refractivity contribution in [3.8, 4) is 22.8 Å². The van der Waals surface area contributed by atoms with Crippen LogP contribution >= 0.6 is 0 Å². The summed E-state index contributed by atoms with van der Waals surface area (Å²) >= 11 is 0. The number of carbonyl (C=O) groups is 1. The molecular formula is C12H12N2O4. The van der Waals surface area contributed by atoms with Crippen LogP contribution in [0.3, 0.4) is 0 Å². The van der Waals surface area contributed by atoms with Gasteiger partial charge in [-0.15, -0.1) is 0 Å². The van der Waals surface area contributed by atoms with Gasteiger partial charge in [-0.05, 0) is 12.1 Å². The molecule has 1 aromatic carbocycles. The Hall–Kier alpha value is -2.50. The van der Waals surface area contributed by atoms with Crippen LogP contribution in [0.2, 0.25) is 0 Å². The molecule has 6 heteroatoms. The number of para-hydroxylation sites is 1. The molecule has 94 valence electrons. The van der Waals surface area contributed by atoms with Crippen molar-refractivity contribution in [2.45, 2.75) is 0 Å². The summed E-state index contributed by atoms with van der Waals surface area (Å²) in [4.78, 5) is 11.0. The van der Waals surface area contributed by atoms with Crippen molar-refractivity contribution in [1.29, 1.82) is 0 Å². The molecule has 1 heterocycles. The minimum atomic E-state index is -0.671. The second-order valence-corrected chi connectivity index (χ2v) is 3.48. The molecule has 0 radical (unpaired) electrons. The second kappa shape index (κ2) is 4.79. The summed E-state index contributed by atoms with van der Waals surface area (Å²) in [6.07, 6.45) is 0. The third-order valence-corrected chi connectivity index (χ3v) is 2.43. The summed E-state index contributed by atoms with van der Waals surface area (Å²) in [7, 11) is 3.07. The van der Waals surface area contributed by atoms with E-state index in [1.165, 1.54) is 13.2 Å². The van der Waals surface area contributed by atoms with E-state index in [2.05, 4.69) is 5.16 Å². The zero-order valence-electron chi connectivity index (χ0n) is 9.97. The van der Waals surface area contributed by atoms with Crippen molar-refractivity contribution in [3.05, 3.63) is 30.0 Å². The summed E-state index contributed by atoms with van der Waals surface area (Å²) in [5.41, 5.74) is 6.22. The molecule has 1 aromatic heterocycles. The van der Waals surface area contributed by atoms with Crippen molar-refractivity contribution < 1.29 is 18.8 Å². The predicted molar refractivity (Wildman–Crippen MR) is 63.6 cm³/mol. The fourth-order valence-electron chi connectivity index (χ4n) is 1.61. The lowest BCUT2D eigenvalue weighted by atomic mass is 10.1. The third-order valence-electron chi connectivity index (χ3n) is 2.43. The predicted octanol–water partition coefficient (Wildman–Crippen LogP) is 1.46. The van der Waals surface area contributed by atoms with Crippen LogP contribution in [0.4, 0.5) is 0 Å². The van der Waals surface area contributed by atoms with Crippen LogP contribution in [-0.4, -0.2) is 25.3 Å². The summed E-state index contributed by atoms with van der Waals surface area (Å²) in [5, 5.41) is 3.78. The quantitative estimate of drug-likeness (QED) is 0.884. The van der Waals surface area contributed by atoms with Crippen molar-refractivity contribution in [2.75, 3.05) is 14.2 Å². The Labute approximate surface area is 103 Å². The van der Waals surface area contributed by atoms with E-state index in [0.717, 1.165) is 0 Å². The highest BCUT2D eigenvalue weighted by Gasteiger charge is 2.16. The van der Waals surface area contributed by atoms with Crippen molar-refractivity contribution in [2.24, 2.45) is 5.73 Å². The van der Waals surface area contributed by atoms with E-state index >= 15 is 0 Å². The van der Waals surface area contributed by atoms with Crippen LogP contribution < -0.4 is 15.2 Å². The van der Waals surface area contributed by atoms with Gasteiger partial charge in [-0.1, -0.05) is 11.2 Å². The summed E-state index contributed by atoms with van der Waals surface area (Å²) in [6.45, 7) is 0. The summed E-state index contributed by atoms with van der Waals surface area (Å²) in [6, 6.07) is 6.79. The van der Waals surface area contributed by atoms with E-state index in [1.807, 2.05) is 0 Å². The largest absolute Gasteiger partial charge is 0.493 e. The molecule has 2 rings (SSSR count). The molecule has 1 amide bonds. The molecule has 0 spiro atoms. The molecule has 6 nitrogen and oxygen atoms in total. The average Bonchev–Trinajstić information content (AvgIpc) is 2.87. The first-order chi connectivity index (χ1) is 8.67. The molecule has 0 aliphatic heterocycles. The molecular weight excluding hydrogens is 236 g/mol. The molecule has 0 saturated heterocycles. The lowest BCUT2D eigenvalue weighted by Crippen LogP contribution is -2.09. The van der Waals surface area contributed by atoms with E-state index in [1.54, 1.807) is 25.3 Å². The third kappa shape index (κ3) is 2.00. The molecule has 0 aliphatic rings. The number of benzene rings is 1. The second-order valence-electron chi connectivity index (χ2n) is 3.48. The summed E-state index contributed by atoms with van der Waals surface area (Å²) < 4.78 is 15.3. The first kappa shape index (κ1) is 12.0. The van der Waals surface area contributed by atoms with Gasteiger partial charge >= 0.3 is 0 Å². The highest BCUT2D eigenvalue weighted by atomic mass is 16.5. The maximum absolute atomic E-state index is 11.0. The lowest BCUT2D eigenvalue weighted by molar-refractivity contribution is 0.0965. The van der Waals surface area contributed by atoms with Crippen molar-refractivity contribution in [3.63, 3.8) is 0 Å². The zero-order chi connectivity index (χ0) is 13.1. The number of ether oxygens (including phenoxy) is 2. The van der Waals surface area contributed by atoms with Gasteiger partial charge < -0.3 is 19.7 Å². The van der Waals surface area contributed by atoms with Crippen molar-refractivity contribution in [1.82, 2.24) is 5.16 Å². The van der Waals surface area contributed by atoms with E-state index < -0.39 is 5.91 Å². The fraction of sp³-hybridized carbons (Fsp3) is 0.167. The van der Waals surface area contributed by atoms with Gasteiger partial charge in [0.15, 0.2) is 11.5 Å². The van der Waals surface area contributed by atoms with E-state index in [0.29, 0.717) is 22.8 Å². The molecule has 18 heavy (non-hydrogen) atoms. The zero-order valence-corrected chi connectivity index (χ0v) is 9.97. The maximum atomic E-state index is 11.0. The number of hydrogen-bond acceptors (Lipinski definition) is 5. The highest BCUT2D eigenvalue weighted by molar-refractivity contribution is 5.91. The minimum absolute atomic E-state index is 0.00475. The minimum Gasteiger partial charge on any atom is -0.493 e. The lowest BCUT2D eigenvalue weighted by Gasteiger charge is -2.10. The number of hydrogen-bond donors (Lipinski definition) is 1. The van der Waals surface area contributed by atoms with Crippen LogP contribution in [0.15, 0.2) is 28.8 Å². The smallest absolute Gasteiger partial charge is 0.287 e. The maximum Gasteiger partial charge on any atom is 0.287 e.